The summed E-state index contributed by atoms with van der Waals surface area (Å²) in [7, 11) is -3.63. The van der Waals surface area contributed by atoms with Crippen molar-refractivity contribution < 1.29 is 13.2 Å². The van der Waals surface area contributed by atoms with Crippen molar-refractivity contribution in [3.63, 3.8) is 0 Å². The molecule has 1 heterocycles. The first-order valence-corrected chi connectivity index (χ1v) is 7.40. The van der Waals surface area contributed by atoms with E-state index in [2.05, 4.69) is 5.10 Å². The monoisotopic (exact) mass is 280 g/mol. The molecule has 0 amide bonds. The molecule has 0 bridgehead atoms. The summed E-state index contributed by atoms with van der Waals surface area (Å²) in [6.07, 6.45) is 2.86. The second-order valence-electron chi connectivity index (χ2n) is 4.20. The number of hydrogen-bond acceptors (Lipinski definition) is 4. The number of rotatable bonds is 4. The van der Waals surface area contributed by atoms with Crippen LogP contribution in [0.3, 0.4) is 0 Å². The highest BCUT2D eigenvalue weighted by atomic mass is 32.2. The molecule has 0 aliphatic carbocycles. The van der Waals surface area contributed by atoms with Crippen LogP contribution in [0.4, 0.5) is 0 Å². The molecule has 0 N–H and O–H groups in total. The van der Waals surface area contributed by atoms with Crippen molar-refractivity contribution in [3.05, 3.63) is 41.7 Å². The van der Waals surface area contributed by atoms with Gasteiger partial charge in [0.05, 0.1) is 17.7 Å². The molecule has 2 rings (SSSR count). The number of benzene rings is 1. The van der Waals surface area contributed by atoms with E-state index in [9.17, 15) is 8.42 Å². The van der Waals surface area contributed by atoms with Crippen molar-refractivity contribution in [2.45, 2.75) is 25.7 Å². The lowest BCUT2D eigenvalue weighted by atomic mass is 10.1. The van der Waals surface area contributed by atoms with Gasteiger partial charge in [-0.25, -0.2) is 0 Å². The Balaban J connectivity index is 2.55. The number of nitrogens with zero attached hydrogens (tertiary/aromatic N) is 2. The van der Waals surface area contributed by atoms with Crippen LogP contribution in [-0.4, -0.2) is 24.2 Å². The summed E-state index contributed by atoms with van der Waals surface area (Å²) in [6, 6.07) is 4.95. The summed E-state index contributed by atoms with van der Waals surface area (Å²) in [5, 5.41) is 3.79. The Morgan fingerprint density at radius 2 is 2.00 bits per heavy atom. The SMILES string of the molecule is CCOc1cc(C)c(S(=O)(=O)n2cccn2)cc1C. The zero-order chi connectivity index (χ0) is 14.0. The fourth-order valence-electron chi connectivity index (χ4n) is 1.85. The minimum Gasteiger partial charge on any atom is -0.494 e. The summed E-state index contributed by atoms with van der Waals surface area (Å²) < 4.78 is 31.2. The quantitative estimate of drug-likeness (QED) is 0.861. The minimum absolute atomic E-state index is 0.247. The molecular formula is C13H16N2O3S. The second-order valence-corrected chi connectivity index (χ2v) is 5.96. The normalized spacial score (nSPS) is 11.5. The van der Waals surface area contributed by atoms with E-state index in [4.69, 9.17) is 4.74 Å². The lowest BCUT2D eigenvalue weighted by Gasteiger charge is -2.12. The Morgan fingerprint density at radius 1 is 1.26 bits per heavy atom. The van der Waals surface area contributed by atoms with Crippen LogP contribution >= 0.6 is 0 Å². The molecule has 102 valence electrons. The lowest BCUT2D eigenvalue weighted by Crippen LogP contribution is -2.15. The summed E-state index contributed by atoms with van der Waals surface area (Å²) in [5.41, 5.74) is 1.43. The Morgan fingerprint density at radius 3 is 2.58 bits per heavy atom. The van der Waals surface area contributed by atoms with E-state index in [0.29, 0.717) is 17.9 Å². The average Bonchev–Trinajstić information content (AvgIpc) is 2.88. The highest BCUT2D eigenvalue weighted by molar-refractivity contribution is 7.89. The molecule has 0 aliphatic heterocycles. The molecule has 0 unspecified atom stereocenters. The van der Waals surface area contributed by atoms with Gasteiger partial charge in [-0.15, -0.1) is 0 Å². The third kappa shape index (κ3) is 2.49. The molecule has 2 aromatic rings. The van der Waals surface area contributed by atoms with Crippen LogP contribution in [0.25, 0.3) is 0 Å². The van der Waals surface area contributed by atoms with Gasteiger partial charge in [0, 0.05) is 6.20 Å². The molecule has 0 atom stereocenters. The number of hydrogen-bond donors (Lipinski definition) is 0. The maximum atomic E-state index is 12.4. The van der Waals surface area contributed by atoms with Crippen LogP contribution in [0.15, 0.2) is 35.5 Å². The summed E-state index contributed by atoms with van der Waals surface area (Å²) in [6.45, 7) is 6.01. The van der Waals surface area contributed by atoms with Crippen molar-refractivity contribution in [3.8, 4) is 5.75 Å². The Hall–Kier alpha value is -1.82. The van der Waals surface area contributed by atoms with Gasteiger partial charge in [-0.2, -0.15) is 17.6 Å². The van der Waals surface area contributed by atoms with Crippen LogP contribution in [-0.2, 0) is 10.0 Å². The predicted molar refractivity (Wildman–Crippen MR) is 71.9 cm³/mol. The molecule has 0 fully saturated rings. The van der Waals surface area contributed by atoms with Gasteiger partial charge in [0.25, 0.3) is 10.0 Å². The molecule has 0 radical (unpaired) electrons. The highest BCUT2D eigenvalue weighted by Crippen LogP contribution is 2.26. The number of aromatic nitrogens is 2. The van der Waals surface area contributed by atoms with Gasteiger partial charge >= 0.3 is 0 Å². The van der Waals surface area contributed by atoms with Gasteiger partial charge in [-0.05, 0) is 50.1 Å². The van der Waals surface area contributed by atoms with Crippen LogP contribution in [0.1, 0.15) is 18.1 Å². The highest BCUT2D eigenvalue weighted by Gasteiger charge is 2.21. The minimum atomic E-state index is -3.63. The topological polar surface area (TPSA) is 61.2 Å². The van der Waals surface area contributed by atoms with Crippen LogP contribution in [0, 0.1) is 13.8 Å². The van der Waals surface area contributed by atoms with Gasteiger partial charge in [0.15, 0.2) is 0 Å². The predicted octanol–water partition coefficient (Wildman–Crippen LogP) is 2.14. The third-order valence-corrected chi connectivity index (χ3v) is 4.48. The first kappa shape index (κ1) is 13.6. The maximum Gasteiger partial charge on any atom is 0.283 e. The van der Waals surface area contributed by atoms with Gasteiger partial charge in [0.2, 0.25) is 0 Å². The zero-order valence-corrected chi connectivity index (χ0v) is 11.9. The molecule has 0 aliphatic rings. The van der Waals surface area contributed by atoms with E-state index >= 15 is 0 Å². The summed E-state index contributed by atoms with van der Waals surface area (Å²) >= 11 is 0. The molecule has 1 aromatic heterocycles. The molecule has 0 saturated carbocycles. The molecule has 0 saturated heterocycles. The Labute approximate surface area is 112 Å². The van der Waals surface area contributed by atoms with Gasteiger partial charge < -0.3 is 4.74 Å². The zero-order valence-electron chi connectivity index (χ0n) is 11.1. The van der Waals surface area contributed by atoms with Gasteiger partial charge in [0.1, 0.15) is 5.75 Å². The smallest absolute Gasteiger partial charge is 0.283 e. The van der Waals surface area contributed by atoms with Crippen molar-refractivity contribution >= 4 is 10.0 Å². The van der Waals surface area contributed by atoms with E-state index in [1.54, 1.807) is 25.1 Å². The maximum absolute atomic E-state index is 12.4. The first-order valence-electron chi connectivity index (χ1n) is 5.96. The van der Waals surface area contributed by atoms with E-state index < -0.39 is 10.0 Å². The van der Waals surface area contributed by atoms with Crippen molar-refractivity contribution in [2.75, 3.05) is 6.61 Å². The molecule has 6 heteroatoms. The molecule has 1 aromatic carbocycles. The summed E-state index contributed by atoms with van der Waals surface area (Å²) in [5.74, 6) is 0.708. The fourth-order valence-corrected chi connectivity index (χ4v) is 3.25. The van der Waals surface area contributed by atoms with Crippen molar-refractivity contribution in [1.29, 1.82) is 0 Å². The van der Waals surface area contributed by atoms with E-state index in [1.165, 1.54) is 12.4 Å². The van der Waals surface area contributed by atoms with Crippen LogP contribution < -0.4 is 4.74 Å². The van der Waals surface area contributed by atoms with E-state index in [-0.39, 0.29) is 4.90 Å². The molecule has 19 heavy (non-hydrogen) atoms. The molecule has 5 nitrogen and oxygen atoms in total. The standard InChI is InChI=1S/C13H16N2O3S/c1-4-18-12-8-11(3)13(9-10(12)2)19(16,17)15-7-5-6-14-15/h5-9H,4H2,1-3H3. The number of ether oxygens (including phenoxy) is 1. The van der Waals surface area contributed by atoms with Gasteiger partial charge in [-0.1, -0.05) is 0 Å². The second kappa shape index (κ2) is 5.05. The van der Waals surface area contributed by atoms with Crippen molar-refractivity contribution in [1.82, 2.24) is 9.19 Å². The third-order valence-electron chi connectivity index (χ3n) is 2.78. The Bertz CT molecular complexity index is 676. The molecular weight excluding hydrogens is 264 g/mol. The summed E-state index contributed by atoms with van der Waals surface area (Å²) in [4.78, 5) is 0.247. The van der Waals surface area contributed by atoms with Gasteiger partial charge in [-0.3, -0.25) is 0 Å². The van der Waals surface area contributed by atoms with Crippen LogP contribution in [0.5, 0.6) is 5.75 Å². The molecule has 0 spiro atoms. The van der Waals surface area contributed by atoms with Crippen LogP contribution in [0.2, 0.25) is 0 Å². The largest absolute Gasteiger partial charge is 0.494 e. The lowest BCUT2D eigenvalue weighted by molar-refractivity contribution is 0.337. The van der Waals surface area contributed by atoms with E-state index in [0.717, 1.165) is 9.65 Å². The fraction of sp³-hybridized carbons (Fsp3) is 0.308. The Kier molecular flexibility index (Phi) is 3.61. The average molecular weight is 280 g/mol. The number of aryl methyl sites for hydroxylation is 2. The van der Waals surface area contributed by atoms with Crippen molar-refractivity contribution in [2.24, 2.45) is 0 Å². The first-order chi connectivity index (χ1) is 8.96. The van der Waals surface area contributed by atoms with E-state index in [1.807, 2.05) is 13.8 Å².